The summed E-state index contributed by atoms with van der Waals surface area (Å²) in [4.78, 5) is 23.4. The lowest BCUT2D eigenvalue weighted by Gasteiger charge is -2.38. The molecule has 1 aromatic heterocycles. The van der Waals surface area contributed by atoms with E-state index in [2.05, 4.69) is 40.1 Å². The average Bonchev–Trinajstić information content (AvgIpc) is 3.18. The van der Waals surface area contributed by atoms with Crippen LogP contribution in [0.15, 0.2) is 73.6 Å². The van der Waals surface area contributed by atoms with Crippen LogP contribution in [0, 0.1) is 0 Å². The molecule has 7 heteroatoms. The minimum absolute atomic E-state index is 0.00169. The Morgan fingerprint density at radius 1 is 1.03 bits per heavy atom. The van der Waals surface area contributed by atoms with E-state index >= 15 is 0 Å². The first-order chi connectivity index (χ1) is 17.6. The summed E-state index contributed by atoms with van der Waals surface area (Å²) >= 11 is 0. The van der Waals surface area contributed by atoms with Crippen LogP contribution in [0.3, 0.4) is 0 Å². The monoisotopic (exact) mass is 480 g/mol. The third kappa shape index (κ3) is 3.90. The fourth-order valence-corrected chi connectivity index (χ4v) is 5.75. The first kappa shape index (κ1) is 22.3. The van der Waals surface area contributed by atoms with Crippen molar-refractivity contribution >= 4 is 39.1 Å². The number of fused-ring (bicyclic) bond motifs is 4. The predicted octanol–water partition coefficient (Wildman–Crippen LogP) is 5.62. The molecule has 6 rings (SSSR count). The largest absolute Gasteiger partial charge is 0.493 e. The highest BCUT2D eigenvalue weighted by atomic mass is 16.5. The van der Waals surface area contributed by atoms with E-state index in [0.29, 0.717) is 17.3 Å². The normalized spacial score (nSPS) is 20.9. The molecule has 2 unspecified atom stereocenters. The summed E-state index contributed by atoms with van der Waals surface area (Å²) in [5.41, 5.74) is 1.74. The molecule has 2 bridgehead atoms. The lowest BCUT2D eigenvalue weighted by molar-refractivity contribution is -0.131. The van der Waals surface area contributed by atoms with Gasteiger partial charge in [-0.25, -0.2) is 9.97 Å². The first-order valence-electron chi connectivity index (χ1n) is 12.3. The van der Waals surface area contributed by atoms with Crippen LogP contribution < -0.4 is 14.8 Å². The Bertz CT molecular complexity index is 1450. The number of rotatable bonds is 6. The van der Waals surface area contributed by atoms with Gasteiger partial charge in [0.05, 0.1) is 12.6 Å². The third-order valence-corrected chi connectivity index (χ3v) is 7.38. The van der Waals surface area contributed by atoms with Crippen LogP contribution in [0.4, 0.5) is 11.5 Å². The van der Waals surface area contributed by atoms with Crippen molar-refractivity contribution in [3.05, 3.63) is 73.6 Å². The number of anilines is 2. The molecule has 0 spiro atoms. The number of benzene rings is 3. The molecule has 0 saturated carbocycles. The van der Waals surface area contributed by atoms with E-state index in [1.54, 1.807) is 13.4 Å². The molecule has 36 heavy (non-hydrogen) atoms. The van der Waals surface area contributed by atoms with Gasteiger partial charge in [0.15, 0.2) is 11.5 Å². The molecule has 1 amide bonds. The summed E-state index contributed by atoms with van der Waals surface area (Å²) in [5.74, 6) is 2.02. The number of aromatic nitrogens is 2. The molecule has 2 aliphatic heterocycles. The average molecular weight is 481 g/mol. The van der Waals surface area contributed by atoms with Crippen LogP contribution in [0.5, 0.6) is 11.5 Å². The van der Waals surface area contributed by atoms with Crippen molar-refractivity contribution in [3.63, 3.8) is 0 Å². The molecule has 3 heterocycles. The van der Waals surface area contributed by atoms with Gasteiger partial charge in [-0.05, 0) is 36.4 Å². The van der Waals surface area contributed by atoms with E-state index in [4.69, 9.17) is 9.47 Å². The van der Waals surface area contributed by atoms with Crippen molar-refractivity contribution in [1.29, 1.82) is 0 Å². The molecule has 0 aliphatic carbocycles. The molecule has 2 aliphatic rings. The topological polar surface area (TPSA) is 76.6 Å². The van der Waals surface area contributed by atoms with Gasteiger partial charge in [0, 0.05) is 47.5 Å². The Labute approximate surface area is 209 Å². The number of carbonyl (C=O) groups is 1. The van der Waals surface area contributed by atoms with E-state index in [1.165, 1.54) is 6.08 Å². The highest BCUT2D eigenvalue weighted by Gasteiger charge is 2.43. The van der Waals surface area contributed by atoms with Gasteiger partial charge in [0.2, 0.25) is 5.91 Å². The molecule has 1 N–H and O–H groups in total. The van der Waals surface area contributed by atoms with Crippen LogP contribution in [0.1, 0.15) is 25.7 Å². The Morgan fingerprint density at radius 2 is 1.81 bits per heavy atom. The quantitative estimate of drug-likeness (QED) is 0.361. The van der Waals surface area contributed by atoms with Crippen LogP contribution in [-0.2, 0) is 4.79 Å². The number of carbonyl (C=O) groups excluding carboxylic acids is 1. The second-order valence-corrected chi connectivity index (χ2v) is 9.44. The first-order valence-corrected chi connectivity index (χ1v) is 12.3. The zero-order valence-corrected chi connectivity index (χ0v) is 20.2. The zero-order chi connectivity index (χ0) is 24.6. The van der Waals surface area contributed by atoms with Crippen LogP contribution in [0.2, 0.25) is 0 Å². The maximum absolute atomic E-state index is 12.3. The number of nitrogens with one attached hydrogen (secondary N) is 1. The molecule has 2 fully saturated rings. The van der Waals surface area contributed by atoms with Crippen LogP contribution >= 0.6 is 0 Å². The fraction of sp³-hybridized carbons (Fsp3) is 0.276. The number of amides is 1. The summed E-state index contributed by atoms with van der Waals surface area (Å²) in [6.07, 6.45) is 6.58. The number of hydrogen-bond donors (Lipinski definition) is 1. The summed E-state index contributed by atoms with van der Waals surface area (Å²) < 4.78 is 12.2. The van der Waals surface area contributed by atoms with Crippen molar-refractivity contribution in [2.75, 3.05) is 12.4 Å². The molecule has 0 radical (unpaired) electrons. The van der Waals surface area contributed by atoms with Gasteiger partial charge < -0.3 is 19.7 Å². The Kier molecular flexibility index (Phi) is 5.68. The fourth-order valence-electron chi connectivity index (χ4n) is 5.75. The van der Waals surface area contributed by atoms with E-state index in [-0.39, 0.29) is 24.1 Å². The van der Waals surface area contributed by atoms with E-state index in [1.807, 2.05) is 41.3 Å². The Morgan fingerprint density at radius 3 is 2.58 bits per heavy atom. The van der Waals surface area contributed by atoms with Gasteiger partial charge in [-0.15, -0.1) is 0 Å². The molecule has 2 saturated heterocycles. The van der Waals surface area contributed by atoms with Crippen molar-refractivity contribution in [2.45, 2.75) is 43.9 Å². The summed E-state index contributed by atoms with van der Waals surface area (Å²) in [6.45, 7) is 3.67. The third-order valence-electron chi connectivity index (χ3n) is 7.38. The van der Waals surface area contributed by atoms with Crippen LogP contribution in [0.25, 0.3) is 21.7 Å². The molecular weight excluding hydrogens is 452 g/mol. The van der Waals surface area contributed by atoms with E-state index < -0.39 is 0 Å². The summed E-state index contributed by atoms with van der Waals surface area (Å²) in [5, 5.41) is 6.63. The number of ether oxygens (including phenoxy) is 2. The van der Waals surface area contributed by atoms with Crippen LogP contribution in [-0.4, -0.2) is 46.1 Å². The second-order valence-electron chi connectivity index (χ2n) is 9.44. The van der Waals surface area contributed by atoms with Gasteiger partial charge in [-0.2, -0.15) is 0 Å². The Hall–Kier alpha value is -4.13. The molecule has 2 atom stereocenters. The maximum Gasteiger partial charge on any atom is 0.246 e. The SMILES string of the molecule is C=CC(=O)N1C2CCC1CC(Oc1cc3c(Nc4cccc5ccccc45)ncnc3cc1OC)C2. The maximum atomic E-state index is 12.3. The predicted molar refractivity (Wildman–Crippen MR) is 141 cm³/mol. The molecular formula is C29H28N4O3. The van der Waals surface area contributed by atoms with Gasteiger partial charge in [0.25, 0.3) is 0 Å². The molecule has 3 aromatic carbocycles. The molecule has 7 nitrogen and oxygen atoms in total. The van der Waals surface area contributed by atoms with Gasteiger partial charge in [-0.1, -0.05) is 43.0 Å². The van der Waals surface area contributed by atoms with E-state index in [0.717, 1.165) is 53.0 Å². The highest BCUT2D eigenvalue weighted by molar-refractivity contribution is 5.99. The molecule has 182 valence electrons. The van der Waals surface area contributed by atoms with Crippen molar-refractivity contribution in [1.82, 2.24) is 14.9 Å². The summed E-state index contributed by atoms with van der Waals surface area (Å²) in [6, 6.07) is 18.7. The van der Waals surface area contributed by atoms with Gasteiger partial charge in [-0.3, -0.25) is 4.79 Å². The minimum Gasteiger partial charge on any atom is -0.493 e. The molecule has 4 aromatic rings. The standard InChI is InChI=1S/C29H28N4O3/c1-3-28(34)33-19-11-12-20(33)14-21(13-19)36-27-15-23-25(16-26(27)35-2)30-17-31-29(23)32-24-10-6-8-18-7-4-5-9-22(18)24/h3-10,15-17,19-21H,1,11-14H2,2H3,(H,30,31,32). The number of hydrogen-bond acceptors (Lipinski definition) is 6. The highest BCUT2D eigenvalue weighted by Crippen LogP contribution is 2.41. The minimum atomic E-state index is 0.00169. The number of piperidine rings is 1. The van der Waals surface area contributed by atoms with Crippen molar-refractivity contribution in [3.8, 4) is 11.5 Å². The lowest BCUT2D eigenvalue weighted by atomic mass is 9.99. The van der Waals surface area contributed by atoms with Crippen molar-refractivity contribution < 1.29 is 14.3 Å². The smallest absolute Gasteiger partial charge is 0.246 e. The summed E-state index contributed by atoms with van der Waals surface area (Å²) in [7, 11) is 1.64. The zero-order valence-electron chi connectivity index (χ0n) is 20.2. The number of methoxy groups -OCH3 is 1. The van der Waals surface area contributed by atoms with E-state index in [9.17, 15) is 4.79 Å². The van der Waals surface area contributed by atoms with Crippen molar-refractivity contribution in [2.24, 2.45) is 0 Å². The van der Waals surface area contributed by atoms with Gasteiger partial charge >= 0.3 is 0 Å². The van der Waals surface area contributed by atoms with Gasteiger partial charge in [0.1, 0.15) is 18.2 Å². The Balaban J connectivity index is 1.32. The lowest BCUT2D eigenvalue weighted by Crippen LogP contribution is -2.48. The number of nitrogens with zero attached hydrogens (tertiary/aromatic N) is 3. The second kappa shape index (κ2) is 9.15.